The van der Waals surface area contributed by atoms with Gasteiger partial charge in [0.25, 0.3) is 0 Å². The average Bonchev–Trinajstić information content (AvgIpc) is 2.87. The molecule has 2 rings (SSSR count). The highest BCUT2D eigenvalue weighted by Gasteiger charge is 2.05. The van der Waals surface area contributed by atoms with Crippen LogP contribution in [0.1, 0.15) is 17.5 Å². The van der Waals surface area contributed by atoms with Crippen molar-refractivity contribution in [3.05, 3.63) is 40.3 Å². The number of nitrogens with zero attached hydrogens (tertiary/aromatic N) is 2. The van der Waals surface area contributed by atoms with Gasteiger partial charge >= 0.3 is 0 Å². The van der Waals surface area contributed by atoms with E-state index in [0.29, 0.717) is 18.6 Å². The summed E-state index contributed by atoms with van der Waals surface area (Å²) in [6, 6.07) is 2.01. The van der Waals surface area contributed by atoms with Crippen LogP contribution in [0.2, 0.25) is 0 Å². The summed E-state index contributed by atoms with van der Waals surface area (Å²) in [6.45, 7) is 0. The molecule has 0 radical (unpaired) electrons. The maximum atomic E-state index is 11.7. The predicted octanol–water partition coefficient (Wildman–Crippen LogP) is 2.23. The maximum Gasteiger partial charge on any atom is 0.137 e. The van der Waals surface area contributed by atoms with Crippen molar-refractivity contribution >= 4 is 17.1 Å². The maximum absolute atomic E-state index is 11.7. The minimum Gasteiger partial charge on any atom is -0.299 e. The number of aryl methyl sites for hydroxylation is 2. The molecule has 3 nitrogen and oxygen atoms in total. The molecule has 4 heteroatoms. The average molecular weight is 234 g/mol. The zero-order chi connectivity index (χ0) is 11.4. The normalized spacial score (nSPS) is 10.6. The first-order valence-electron chi connectivity index (χ1n) is 5.24. The number of thiophene rings is 1. The van der Waals surface area contributed by atoms with Gasteiger partial charge in [0, 0.05) is 26.1 Å². The van der Waals surface area contributed by atoms with Gasteiger partial charge in [0.15, 0.2) is 0 Å². The van der Waals surface area contributed by atoms with Gasteiger partial charge in [-0.15, -0.1) is 0 Å². The van der Waals surface area contributed by atoms with E-state index >= 15 is 0 Å². The quantitative estimate of drug-likeness (QED) is 0.795. The summed E-state index contributed by atoms with van der Waals surface area (Å²) in [4.78, 5) is 11.7. The summed E-state index contributed by atoms with van der Waals surface area (Å²) in [5.74, 6) is 0.294. The fraction of sp³-hybridized carbons (Fsp3) is 0.333. The van der Waals surface area contributed by atoms with Crippen molar-refractivity contribution in [2.75, 3.05) is 0 Å². The van der Waals surface area contributed by atoms with Gasteiger partial charge in [-0.3, -0.25) is 9.48 Å². The lowest BCUT2D eigenvalue weighted by Crippen LogP contribution is -2.03. The van der Waals surface area contributed by atoms with Gasteiger partial charge in [0.1, 0.15) is 5.78 Å². The van der Waals surface area contributed by atoms with E-state index in [2.05, 4.69) is 5.10 Å². The van der Waals surface area contributed by atoms with Crippen LogP contribution >= 0.6 is 11.3 Å². The largest absolute Gasteiger partial charge is 0.299 e. The van der Waals surface area contributed by atoms with Crippen LogP contribution in [0.3, 0.4) is 0 Å². The minimum absolute atomic E-state index is 0.294. The van der Waals surface area contributed by atoms with Crippen molar-refractivity contribution in [2.45, 2.75) is 19.3 Å². The Morgan fingerprint density at radius 1 is 1.50 bits per heavy atom. The number of carbonyl (C=O) groups is 1. The van der Waals surface area contributed by atoms with Crippen LogP contribution in [0.25, 0.3) is 0 Å². The van der Waals surface area contributed by atoms with Crippen molar-refractivity contribution in [3.63, 3.8) is 0 Å². The molecule has 2 aromatic heterocycles. The zero-order valence-corrected chi connectivity index (χ0v) is 10.0. The van der Waals surface area contributed by atoms with Crippen LogP contribution in [-0.4, -0.2) is 15.6 Å². The van der Waals surface area contributed by atoms with E-state index in [-0.39, 0.29) is 0 Å². The molecule has 16 heavy (non-hydrogen) atoms. The van der Waals surface area contributed by atoms with Crippen LogP contribution in [-0.2, 0) is 24.7 Å². The lowest BCUT2D eigenvalue weighted by molar-refractivity contribution is -0.118. The van der Waals surface area contributed by atoms with Crippen LogP contribution < -0.4 is 0 Å². The molecular formula is C12H14N2OS. The van der Waals surface area contributed by atoms with Crippen molar-refractivity contribution in [1.82, 2.24) is 9.78 Å². The van der Waals surface area contributed by atoms with E-state index in [1.807, 2.05) is 36.3 Å². The van der Waals surface area contributed by atoms with Crippen molar-refractivity contribution < 1.29 is 4.79 Å². The number of Topliss-reactive ketones (excluding diaryl/α,β-unsaturated/α-hetero) is 1. The molecule has 0 spiro atoms. The second kappa shape index (κ2) is 5.07. The van der Waals surface area contributed by atoms with Crippen molar-refractivity contribution in [2.24, 2.45) is 7.05 Å². The molecule has 0 bridgehead atoms. The molecule has 0 unspecified atom stereocenters. The third kappa shape index (κ3) is 3.03. The number of aromatic nitrogens is 2. The summed E-state index contributed by atoms with van der Waals surface area (Å²) in [7, 11) is 1.89. The summed E-state index contributed by atoms with van der Waals surface area (Å²) in [5.41, 5.74) is 2.25. The van der Waals surface area contributed by atoms with Gasteiger partial charge in [-0.1, -0.05) is 0 Å². The first-order chi connectivity index (χ1) is 7.74. The molecule has 0 aromatic carbocycles. The molecular weight excluding hydrogens is 220 g/mol. The number of rotatable bonds is 5. The molecule has 0 atom stereocenters. The van der Waals surface area contributed by atoms with Crippen molar-refractivity contribution in [3.8, 4) is 0 Å². The van der Waals surface area contributed by atoms with E-state index in [9.17, 15) is 4.79 Å². The van der Waals surface area contributed by atoms with E-state index < -0.39 is 0 Å². The Morgan fingerprint density at radius 3 is 3.00 bits per heavy atom. The standard InChI is InChI=1S/C12H14N2OS/c1-14-8-11(7-13-14)2-3-12(15)6-10-4-5-16-9-10/h4-5,7-9H,2-3,6H2,1H3. The summed E-state index contributed by atoms with van der Waals surface area (Å²) in [6.07, 6.45) is 5.72. The Bertz CT molecular complexity index is 459. The summed E-state index contributed by atoms with van der Waals surface area (Å²) in [5, 5.41) is 8.11. The van der Waals surface area contributed by atoms with E-state index in [1.165, 1.54) is 0 Å². The van der Waals surface area contributed by atoms with Crippen molar-refractivity contribution in [1.29, 1.82) is 0 Å². The monoisotopic (exact) mass is 234 g/mol. The van der Waals surface area contributed by atoms with E-state index in [4.69, 9.17) is 0 Å². The van der Waals surface area contributed by atoms with Gasteiger partial charge in [0.05, 0.1) is 6.20 Å². The molecule has 0 aliphatic rings. The zero-order valence-electron chi connectivity index (χ0n) is 9.22. The van der Waals surface area contributed by atoms with Gasteiger partial charge in [0.2, 0.25) is 0 Å². The molecule has 0 fully saturated rings. The van der Waals surface area contributed by atoms with Gasteiger partial charge < -0.3 is 0 Å². The van der Waals surface area contributed by atoms with Crippen LogP contribution in [0.15, 0.2) is 29.2 Å². The minimum atomic E-state index is 0.294. The molecule has 2 heterocycles. The highest BCUT2D eigenvalue weighted by molar-refractivity contribution is 7.07. The molecule has 0 amide bonds. The highest BCUT2D eigenvalue weighted by Crippen LogP contribution is 2.09. The lowest BCUT2D eigenvalue weighted by atomic mass is 10.1. The lowest BCUT2D eigenvalue weighted by Gasteiger charge is -1.97. The molecule has 0 N–H and O–H groups in total. The number of ketones is 1. The molecule has 0 aliphatic carbocycles. The third-order valence-electron chi connectivity index (χ3n) is 2.43. The first-order valence-corrected chi connectivity index (χ1v) is 6.18. The molecule has 0 saturated heterocycles. The first kappa shape index (κ1) is 11.1. The van der Waals surface area contributed by atoms with E-state index in [1.54, 1.807) is 16.0 Å². The van der Waals surface area contributed by atoms with Gasteiger partial charge in [-0.05, 0) is 34.4 Å². The Hall–Kier alpha value is -1.42. The van der Waals surface area contributed by atoms with Crippen LogP contribution in [0, 0.1) is 0 Å². The summed E-state index contributed by atoms with van der Waals surface area (Å²) < 4.78 is 1.76. The van der Waals surface area contributed by atoms with Crippen LogP contribution in [0.4, 0.5) is 0 Å². The fourth-order valence-corrected chi connectivity index (χ4v) is 2.26. The molecule has 0 aliphatic heterocycles. The Labute approximate surface area is 98.7 Å². The fourth-order valence-electron chi connectivity index (χ4n) is 1.59. The molecule has 2 aromatic rings. The Morgan fingerprint density at radius 2 is 2.38 bits per heavy atom. The number of carbonyl (C=O) groups excluding carboxylic acids is 1. The SMILES string of the molecule is Cn1cc(CCC(=O)Cc2ccsc2)cn1. The van der Waals surface area contributed by atoms with Gasteiger partial charge in [-0.2, -0.15) is 16.4 Å². The second-order valence-corrected chi connectivity index (χ2v) is 4.65. The highest BCUT2D eigenvalue weighted by atomic mass is 32.1. The Balaban J connectivity index is 1.80. The van der Waals surface area contributed by atoms with Crippen LogP contribution in [0.5, 0.6) is 0 Å². The summed E-state index contributed by atoms with van der Waals surface area (Å²) >= 11 is 1.63. The topological polar surface area (TPSA) is 34.9 Å². The smallest absolute Gasteiger partial charge is 0.137 e. The third-order valence-corrected chi connectivity index (χ3v) is 3.16. The molecule has 84 valence electrons. The number of hydrogen-bond acceptors (Lipinski definition) is 3. The van der Waals surface area contributed by atoms with E-state index in [0.717, 1.165) is 17.5 Å². The Kier molecular flexibility index (Phi) is 3.51. The molecule has 0 saturated carbocycles. The predicted molar refractivity (Wildman–Crippen MR) is 64.6 cm³/mol. The second-order valence-electron chi connectivity index (χ2n) is 3.87. The number of hydrogen-bond donors (Lipinski definition) is 0. The van der Waals surface area contributed by atoms with Gasteiger partial charge in [-0.25, -0.2) is 0 Å².